The van der Waals surface area contributed by atoms with Gasteiger partial charge < -0.3 is 15.8 Å². The third-order valence-electron chi connectivity index (χ3n) is 4.51. The minimum absolute atomic E-state index is 0.110. The van der Waals surface area contributed by atoms with Crippen LogP contribution in [0, 0.1) is 17.2 Å². The van der Waals surface area contributed by atoms with Gasteiger partial charge in [0.05, 0.1) is 12.5 Å². The minimum atomic E-state index is -0.525. The highest BCUT2D eigenvalue weighted by molar-refractivity contribution is 5.95. The molecule has 0 saturated heterocycles. The highest BCUT2D eigenvalue weighted by Gasteiger charge is 2.39. The average Bonchev–Trinajstić information content (AvgIpc) is 2.48. The number of hydrogen-bond donors (Lipinski definition) is 2. The zero-order chi connectivity index (χ0) is 15.5. The molecule has 21 heavy (non-hydrogen) atoms. The van der Waals surface area contributed by atoms with Crippen molar-refractivity contribution in [3.63, 3.8) is 0 Å². The van der Waals surface area contributed by atoms with Crippen LogP contribution in [0.3, 0.4) is 0 Å². The van der Waals surface area contributed by atoms with E-state index in [4.69, 9.17) is 10.5 Å². The van der Waals surface area contributed by atoms with E-state index in [1.165, 1.54) is 19.2 Å². The quantitative estimate of drug-likeness (QED) is 0.897. The molecule has 0 spiro atoms. The number of carbonyl (C=O) groups excluding carboxylic acids is 1. The molecule has 4 nitrogen and oxygen atoms in total. The summed E-state index contributed by atoms with van der Waals surface area (Å²) in [5.74, 6) is 0.194. The van der Waals surface area contributed by atoms with E-state index in [-0.39, 0.29) is 11.7 Å². The first-order chi connectivity index (χ1) is 10.0. The average molecular weight is 294 g/mol. The molecule has 1 aliphatic carbocycles. The lowest BCUT2D eigenvalue weighted by molar-refractivity contribution is -0.127. The van der Waals surface area contributed by atoms with Crippen LogP contribution in [0.2, 0.25) is 0 Å². The summed E-state index contributed by atoms with van der Waals surface area (Å²) < 4.78 is 18.5. The van der Waals surface area contributed by atoms with Crippen LogP contribution in [-0.4, -0.2) is 19.6 Å². The van der Waals surface area contributed by atoms with Crippen molar-refractivity contribution in [2.45, 2.75) is 32.6 Å². The predicted octanol–water partition coefficient (Wildman–Crippen LogP) is 2.93. The third-order valence-corrected chi connectivity index (χ3v) is 4.51. The predicted molar refractivity (Wildman–Crippen MR) is 80.7 cm³/mol. The fourth-order valence-corrected chi connectivity index (χ4v) is 2.85. The Kier molecular flexibility index (Phi) is 4.83. The second-order valence-corrected chi connectivity index (χ2v) is 5.97. The van der Waals surface area contributed by atoms with E-state index >= 15 is 0 Å². The second kappa shape index (κ2) is 6.43. The number of hydrogen-bond acceptors (Lipinski definition) is 3. The van der Waals surface area contributed by atoms with E-state index in [0.29, 0.717) is 18.2 Å². The Bertz CT molecular complexity index is 511. The smallest absolute Gasteiger partial charge is 0.231 e. The summed E-state index contributed by atoms with van der Waals surface area (Å²) >= 11 is 0. The molecule has 1 amide bonds. The normalized spacial score (nSPS) is 25.4. The molecule has 0 atom stereocenters. The van der Waals surface area contributed by atoms with E-state index < -0.39 is 11.2 Å². The van der Waals surface area contributed by atoms with E-state index in [9.17, 15) is 9.18 Å². The van der Waals surface area contributed by atoms with Crippen molar-refractivity contribution in [3.05, 3.63) is 24.0 Å². The van der Waals surface area contributed by atoms with Crippen molar-refractivity contribution < 1.29 is 13.9 Å². The van der Waals surface area contributed by atoms with Gasteiger partial charge in [-0.2, -0.15) is 0 Å². The highest BCUT2D eigenvalue weighted by Crippen LogP contribution is 2.39. The van der Waals surface area contributed by atoms with Crippen LogP contribution in [0.15, 0.2) is 18.2 Å². The Morgan fingerprint density at radius 1 is 1.48 bits per heavy atom. The van der Waals surface area contributed by atoms with Gasteiger partial charge in [0.1, 0.15) is 0 Å². The van der Waals surface area contributed by atoms with Crippen molar-refractivity contribution in [1.82, 2.24) is 0 Å². The van der Waals surface area contributed by atoms with Crippen LogP contribution in [-0.2, 0) is 4.79 Å². The fourth-order valence-electron chi connectivity index (χ4n) is 2.85. The standard InChI is InChI=1S/C16H23FN2O2/c1-11-5-7-16(10-18,8-6-11)15(20)19-12-3-4-14(21-2)13(17)9-12/h3-4,9,11H,5-8,10,18H2,1-2H3,(H,19,20). The molecule has 1 aromatic rings. The number of nitrogens with one attached hydrogen (secondary N) is 1. The molecule has 0 unspecified atom stereocenters. The van der Waals surface area contributed by atoms with Crippen molar-refractivity contribution >= 4 is 11.6 Å². The third kappa shape index (κ3) is 3.35. The number of halogens is 1. The first kappa shape index (κ1) is 15.8. The Hall–Kier alpha value is -1.62. The molecule has 1 aliphatic rings. The summed E-state index contributed by atoms with van der Waals surface area (Å²) in [6.07, 6.45) is 3.58. The molecule has 116 valence electrons. The lowest BCUT2D eigenvalue weighted by Crippen LogP contribution is -2.44. The lowest BCUT2D eigenvalue weighted by atomic mass is 9.70. The Labute approximate surface area is 124 Å². The van der Waals surface area contributed by atoms with Crippen LogP contribution in [0.25, 0.3) is 0 Å². The number of benzene rings is 1. The summed E-state index contributed by atoms with van der Waals surface area (Å²) in [5, 5.41) is 2.80. The van der Waals surface area contributed by atoms with Gasteiger partial charge in [0.25, 0.3) is 0 Å². The summed E-state index contributed by atoms with van der Waals surface area (Å²) in [7, 11) is 1.41. The Morgan fingerprint density at radius 3 is 2.67 bits per heavy atom. The van der Waals surface area contributed by atoms with Crippen LogP contribution >= 0.6 is 0 Å². The van der Waals surface area contributed by atoms with Gasteiger partial charge in [0.2, 0.25) is 5.91 Å². The van der Waals surface area contributed by atoms with Gasteiger partial charge in [-0.25, -0.2) is 4.39 Å². The number of rotatable bonds is 4. The summed E-state index contributed by atoms with van der Waals surface area (Å²) in [6.45, 7) is 2.52. The van der Waals surface area contributed by atoms with E-state index in [1.807, 2.05) is 0 Å². The van der Waals surface area contributed by atoms with E-state index in [2.05, 4.69) is 12.2 Å². The minimum Gasteiger partial charge on any atom is -0.494 e. The van der Waals surface area contributed by atoms with Crippen molar-refractivity contribution in [2.24, 2.45) is 17.1 Å². The van der Waals surface area contributed by atoms with E-state index in [0.717, 1.165) is 25.7 Å². The van der Waals surface area contributed by atoms with Crippen molar-refractivity contribution in [1.29, 1.82) is 0 Å². The molecule has 0 aromatic heterocycles. The highest BCUT2D eigenvalue weighted by atomic mass is 19.1. The maximum absolute atomic E-state index is 13.7. The SMILES string of the molecule is COc1ccc(NC(=O)C2(CN)CCC(C)CC2)cc1F. The zero-order valence-electron chi connectivity index (χ0n) is 12.6. The van der Waals surface area contributed by atoms with Crippen LogP contribution in [0.1, 0.15) is 32.6 Å². The molecule has 1 aromatic carbocycles. The van der Waals surface area contributed by atoms with Gasteiger partial charge in [0.15, 0.2) is 11.6 Å². The number of carbonyl (C=O) groups is 1. The van der Waals surface area contributed by atoms with Gasteiger partial charge in [0, 0.05) is 18.3 Å². The van der Waals surface area contributed by atoms with Crippen LogP contribution in [0.4, 0.5) is 10.1 Å². The Balaban J connectivity index is 2.11. The molecule has 0 aliphatic heterocycles. The summed E-state index contributed by atoms with van der Waals surface area (Å²) in [6, 6.07) is 4.41. The first-order valence-corrected chi connectivity index (χ1v) is 7.36. The molecule has 3 N–H and O–H groups in total. The second-order valence-electron chi connectivity index (χ2n) is 5.97. The fraction of sp³-hybridized carbons (Fsp3) is 0.562. The van der Waals surface area contributed by atoms with Gasteiger partial charge >= 0.3 is 0 Å². The topological polar surface area (TPSA) is 64.3 Å². The van der Waals surface area contributed by atoms with Crippen LogP contribution < -0.4 is 15.8 Å². The maximum atomic E-state index is 13.7. The molecule has 0 radical (unpaired) electrons. The number of ether oxygens (including phenoxy) is 1. The first-order valence-electron chi connectivity index (χ1n) is 7.36. The number of anilines is 1. The lowest BCUT2D eigenvalue weighted by Gasteiger charge is -2.37. The molecule has 0 bridgehead atoms. The molecular weight excluding hydrogens is 271 g/mol. The number of methoxy groups -OCH3 is 1. The molecule has 1 saturated carbocycles. The number of amides is 1. The zero-order valence-corrected chi connectivity index (χ0v) is 12.6. The summed E-state index contributed by atoms with van der Waals surface area (Å²) in [4.78, 5) is 12.5. The molecule has 1 fully saturated rings. The van der Waals surface area contributed by atoms with Gasteiger partial charge in [-0.05, 0) is 43.7 Å². The largest absolute Gasteiger partial charge is 0.494 e. The van der Waals surface area contributed by atoms with Crippen molar-refractivity contribution in [3.8, 4) is 5.75 Å². The number of nitrogens with two attached hydrogens (primary N) is 1. The van der Waals surface area contributed by atoms with Crippen molar-refractivity contribution in [2.75, 3.05) is 19.0 Å². The maximum Gasteiger partial charge on any atom is 0.231 e. The van der Waals surface area contributed by atoms with Gasteiger partial charge in [-0.1, -0.05) is 6.92 Å². The van der Waals surface area contributed by atoms with Gasteiger partial charge in [-0.15, -0.1) is 0 Å². The van der Waals surface area contributed by atoms with Crippen LogP contribution in [0.5, 0.6) is 5.75 Å². The summed E-state index contributed by atoms with van der Waals surface area (Å²) in [5.41, 5.74) is 5.77. The Morgan fingerprint density at radius 2 is 2.14 bits per heavy atom. The molecule has 2 rings (SSSR count). The molecule has 0 heterocycles. The molecular formula is C16H23FN2O2. The molecule has 5 heteroatoms. The van der Waals surface area contributed by atoms with Gasteiger partial charge in [-0.3, -0.25) is 4.79 Å². The van der Waals surface area contributed by atoms with E-state index in [1.54, 1.807) is 6.07 Å². The monoisotopic (exact) mass is 294 g/mol.